The zero-order valence-electron chi connectivity index (χ0n) is 14.2. The molecule has 0 saturated carbocycles. The van der Waals surface area contributed by atoms with Gasteiger partial charge >= 0.3 is 0 Å². The first-order chi connectivity index (χ1) is 12.1. The van der Waals surface area contributed by atoms with Crippen molar-refractivity contribution in [3.63, 3.8) is 0 Å². The number of hydrogen-bond donors (Lipinski definition) is 2. The summed E-state index contributed by atoms with van der Waals surface area (Å²) in [6.45, 7) is 4.23. The number of benzene rings is 1. The van der Waals surface area contributed by atoms with Crippen LogP contribution in [0.3, 0.4) is 0 Å². The second-order valence-electron chi connectivity index (χ2n) is 5.63. The Bertz CT molecular complexity index is 880. The molecular formula is C19H19N5O. The molecule has 0 spiro atoms. The quantitative estimate of drug-likeness (QED) is 0.748. The molecule has 0 aliphatic carbocycles. The smallest absolute Gasteiger partial charge is 0.274 e. The number of pyridine rings is 1. The Labute approximate surface area is 146 Å². The molecule has 0 bridgehead atoms. The molecule has 0 aliphatic rings. The van der Waals surface area contributed by atoms with Crippen molar-refractivity contribution in [2.45, 2.75) is 20.4 Å². The predicted molar refractivity (Wildman–Crippen MR) is 97.5 cm³/mol. The van der Waals surface area contributed by atoms with Crippen molar-refractivity contribution in [1.82, 2.24) is 15.0 Å². The van der Waals surface area contributed by atoms with Crippen molar-refractivity contribution in [1.29, 1.82) is 0 Å². The van der Waals surface area contributed by atoms with Crippen molar-refractivity contribution in [2.75, 3.05) is 10.6 Å². The highest BCUT2D eigenvalue weighted by atomic mass is 16.1. The number of carbonyl (C=O) groups is 1. The maximum absolute atomic E-state index is 12.5. The number of aryl methyl sites for hydroxylation is 2. The van der Waals surface area contributed by atoms with Crippen LogP contribution < -0.4 is 10.6 Å². The maximum atomic E-state index is 12.5. The van der Waals surface area contributed by atoms with Crippen molar-refractivity contribution in [3.8, 4) is 0 Å². The fourth-order valence-electron chi connectivity index (χ4n) is 2.36. The van der Waals surface area contributed by atoms with Gasteiger partial charge in [0.2, 0.25) is 0 Å². The predicted octanol–water partition coefficient (Wildman–Crippen LogP) is 3.35. The lowest BCUT2D eigenvalue weighted by molar-refractivity contribution is 0.102. The van der Waals surface area contributed by atoms with Crippen LogP contribution in [0.1, 0.15) is 27.6 Å². The van der Waals surface area contributed by atoms with Crippen LogP contribution in [0.15, 0.2) is 54.7 Å². The number of aromatic nitrogens is 3. The minimum atomic E-state index is -0.263. The second-order valence-corrected chi connectivity index (χ2v) is 5.63. The van der Waals surface area contributed by atoms with E-state index in [1.807, 2.05) is 49.4 Å². The van der Waals surface area contributed by atoms with Gasteiger partial charge < -0.3 is 10.6 Å². The molecule has 0 radical (unpaired) electrons. The summed E-state index contributed by atoms with van der Waals surface area (Å²) in [5.74, 6) is 0.856. The Morgan fingerprint density at radius 3 is 2.60 bits per heavy atom. The molecule has 0 saturated heterocycles. The number of nitrogens with one attached hydrogen (secondary N) is 2. The number of rotatable bonds is 5. The molecule has 1 aromatic carbocycles. The molecule has 25 heavy (non-hydrogen) atoms. The average Bonchev–Trinajstić information content (AvgIpc) is 2.62. The summed E-state index contributed by atoms with van der Waals surface area (Å²) in [6.07, 6.45) is 1.74. The molecular weight excluding hydrogens is 314 g/mol. The van der Waals surface area contributed by atoms with Gasteiger partial charge in [0.25, 0.3) is 5.91 Å². The number of para-hydroxylation sites is 1. The number of nitrogens with zero attached hydrogens (tertiary/aromatic N) is 3. The number of hydrogen-bond acceptors (Lipinski definition) is 5. The van der Waals surface area contributed by atoms with E-state index in [1.165, 1.54) is 0 Å². The van der Waals surface area contributed by atoms with Crippen molar-refractivity contribution >= 4 is 17.4 Å². The van der Waals surface area contributed by atoms with Gasteiger partial charge in [-0.25, -0.2) is 9.97 Å². The summed E-state index contributed by atoms with van der Waals surface area (Å²) in [5, 5.41) is 6.06. The molecule has 6 heteroatoms. The molecule has 2 aromatic heterocycles. The van der Waals surface area contributed by atoms with E-state index in [-0.39, 0.29) is 5.91 Å². The van der Waals surface area contributed by atoms with E-state index in [9.17, 15) is 4.79 Å². The lowest BCUT2D eigenvalue weighted by atomic mass is 10.2. The Morgan fingerprint density at radius 2 is 1.84 bits per heavy atom. The monoisotopic (exact) mass is 333 g/mol. The molecule has 1 amide bonds. The van der Waals surface area contributed by atoms with Gasteiger partial charge in [0, 0.05) is 18.0 Å². The van der Waals surface area contributed by atoms with Crippen LogP contribution in [-0.2, 0) is 6.54 Å². The summed E-state index contributed by atoms with van der Waals surface area (Å²) in [6, 6.07) is 15.0. The fourth-order valence-corrected chi connectivity index (χ4v) is 2.36. The summed E-state index contributed by atoms with van der Waals surface area (Å²) in [5.41, 5.74) is 2.98. The summed E-state index contributed by atoms with van der Waals surface area (Å²) in [4.78, 5) is 25.3. The minimum Gasteiger partial charge on any atom is -0.364 e. The molecule has 2 heterocycles. The number of carbonyl (C=O) groups excluding carboxylic acids is 1. The van der Waals surface area contributed by atoms with Gasteiger partial charge in [-0.1, -0.05) is 24.3 Å². The molecule has 6 nitrogen and oxygen atoms in total. The first kappa shape index (κ1) is 16.6. The van der Waals surface area contributed by atoms with Gasteiger partial charge in [0.05, 0.1) is 12.2 Å². The van der Waals surface area contributed by atoms with E-state index in [0.717, 1.165) is 16.9 Å². The standard InChI is InChI=1S/C19H19N5O/c1-13-7-3-4-9-16(13)24-19(25)17-11-18(23-14(2)22-17)21-12-15-8-5-6-10-20-15/h3-11H,12H2,1-2H3,(H,24,25)(H,21,22,23). The highest BCUT2D eigenvalue weighted by Gasteiger charge is 2.12. The van der Waals surface area contributed by atoms with Gasteiger partial charge in [0.1, 0.15) is 17.3 Å². The van der Waals surface area contributed by atoms with Crippen LogP contribution in [0.5, 0.6) is 0 Å². The van der Waals surface area contributed by atoms with Crippen molar-refractivity contribution in [2.24, 2.45) is 0 Å². The van der Waals surface area contributed by atoms with E-state index >= 15 is 0 Å². The molecule has 3 aromatic rings. The van der Waals surface area contributed by atoms with E-state index < -0.39 is 0 Å². The largest absolute Gasteiger partial charge is 0.364 e. The molecule has 2 N–H and O–H groups in total. The Kier molecular flexibility index (Phi) is 4.99. The van der Waals surface area contributed by atoms with Crippen LogP contribution >= 0.6 is 0 Å². The Morgan fingerprint density at radius 1 is 1.04 bits per heavy atom. The van der Waals surface area contributed by atoms with Crippen LogP contribution in [0, 0.1) is 13.8 Å². The van der Waals surface area contributed by atoms with Gasteiger partial charge in [-0.2, -0.15) is 0 Å². The van der Waals surface area contributed by atoms with E-state index in [0.29, 0.717) is 23.9 Å². The Hall–Kier alpha value is -3.28. The lowest BCUT2D eigenvalue weighted by Gasteiger charge is -2.10. The van der Waals surface area contributed by atoms with Gasteiger partial charge in [-0.15, -0.1) is 0 Å². The molecule has 0 aliphatic heterocycles. The highest BCUT2D eigenvalue weighted by Crippen LogP contribution is 2.15. The third-order valence-electron chi connectivity index (χ3n) is 3.64. The van der Waals surface area contributed by atoms with Crippen molar-refractivity contribution in [3.05, 3.63) is 77.5 Å². The van der Waals surface area contributed by atoms with Crippen LogP contribution in [-0.4, -0.2) is 20.9 Å². The normalized spacial score (nSPS) is 10.3. The molecule has 0 unspecified atom stereocenters. The number of anilines is 2. The van der Waals surface area contributed by atoms with Crippen LogP contribution in [0.4, 0.5) is 11.5 Å². The van der Waals surface area contributed by atoms with Crippen LogP contribution in [0.2, 0.25) is 0 Å². The minimum absolute atomic E-state index is 0.263. The third-order valence-corrected chi connectivity index (χ3v) is 3.64. The zero-order chi connectivity index (χ0) is 17.6. The summed E-state index contributed by atoms with van der Waals surface area (Å²) < 4.78 is 0. The average molecular weight is 333 g/mol. The maximum Gasteiger partial charge on any atom is 0.274 e. The van der Waals surface area contributed by atoms with Gasteiger partial charge in [-0.3, -0.25) is 9.78 Å². The number of amides is 1. The topological polar surface area (TPSA) is 79.8 Å². The van der Waals surface area contributed by atoms with E-state index in [2.05, 4.69) is 25.6 Å². The lowest BCUT2D eigenvalue weighted by Crippen LogP contribution is -2.16. The zero-order valence-corrected chi connectivity index (χ0v) is 14.2. The Balaban J connectivity index is 1.74. The van der Waals surface area contributed by atoms with Gasteiger partial charge in [0.15, 0.2) is 0 Å². The molecule has 3 rings (SSSR count). The summed E-state index contributed by atoms with van der Waals surface area (Å²) >= 11 is 0. The van der Waals surface area contributed by atoms with E-state index in [4.69, 9.17) is 0 Å². The fraction of sp³-hybridized carbons (Fsp3) is 0.158. The SMILES string of the molecule is Cc1nc(NCc2ccccn2)cc(C(=O)Nc2ccccc2C)n1. The molecule has 126 valence electrons. The first-order valence-electron chi connectivity index (χ1n) is 7.98. The van der Waals surface area contributed by atoms with Gasteiger partial charge in [-0.05, 0) is 37.6 Å². The first-order valence-corrected chi connectivity index (χ1v) is 7.98. The molecule has 0 atom stereocenters. The summed E-state index contributed by atoms with van der Waals surface area (Å²) in [7, 11) is 0. The van der Waals surface area contributed by atoms with Crippen LogP contribution in [0.25, 0.3) is 0 Å². The second kappa shape index (κ2) is 7.53. The van der Waals surface area contributed by atoms with E-state index in [1.54, 1.807) is 19.2 Å². The van der Waals surface area contributed by atoms with Crippen molar-refractivity contribution < 1.29 is 4.79 Å². The highest BCUT2D eigenvalue weighted by molar-refractivity contribution is 6.03. The third kappa shape index (κ3) is 4.38. The molecule has 0 fully saturated rings.